The summed E-state index contributed by atoms with van der Waals surface area (Å²) in [4.78, 5) is 22.3. The van der Waals surface area contributed by atoms with Crippen molar-refractivity contribution in [3.63, 3.8) is 0 Å². The number of nitro groups is 1. The second-order valence-electron chi connectivity index (χ2n) is 5.44. The fraction of sp³-hybridized carbons (Fsp3) is 0.500. The molecule has 0 atom stereocenters. The van der Waals surface area contributed by atoms with Crippen LogP contribution in [0.4, 0.5) is 10.1 Å². The van der Waals surface area contributed by atoms with Gasteiger partial charge in [0.05, 0.1) is 4.92 Å². The van der Waals surface area contributed by atoms with Crippen LogP contribution >= 0.6 is 11.6 Å². The van der Waals surface area contributed by atoms with Gasteiger partial charge in [-0.2, -0.15) is 0 Å². The number of rotatable bonds is 5. The van der Waals surface area contributed by atoms with Crippen LogP contribution in [0.15, 0.2) is 18.2 Å². The van der Waals surface area contributed by atoms with Gasteiger partial charge in [0.15, 0.2) is 0 Å². The summed E-state index contributed by atoms with van der Waals surface area (Å²) in [7, 11) is 0. The van der Waals surface area contributed by atoms with Crippen LogP contribution in [0.25, 0.3) is 0 Å². The summed E-state index contributed by atoms with van der Waals surface area (Å²) in [5.74, 6) is -0.894. The topological polar surface area (TPSA) is 72.2 Å². The molecule has 0 saturated heterocycles. The highest BCUT2D eigenvalue weighted by Crippen LogP contribution is 2.38. The lowest BCUT2D eigenvalue weighted by Crippen LogP contribution is -2.37. The van der Waals surface area contributed by atoms with E-state index in [9.17, 15) is 19.3 Å². The standard InChI is InChI=1S/C14H16ClFN2O3/c15-8-14(5-1-2-6-14)9-17-13(19)11-7-10(16)3-4-12(11)18(20)21/h3-4,7H,1-2,5-6,8-9H2,(H,17,19). The normalized spacial score (nSPS) is 16.7. The van der Waals surface area contributed by atoms with Crippen molar-refractivity contribution in [1.82, 2.24) is 5.32 Å². The van der Waals surface area contributed by atoms with E-state index >= 15 is 0 Å². The van der Waals surface area contributed by atoms with Crippen LogP contribution in [0.3, 0.4) is 0 Å². The summed E-state index contributed by atoms with van der Waals surface area (Å²) in [6, 6.07) is 2.85. The number of carbonyl (C=O) groups is 1. The number of alkyl halides is 1. The van der Waals surface area contributed by atoms with Gasteiger partial charge in [-0.05, 0) is 25.0 Å². The molecule has 21 heavy (non-hydrogen) atoms. The monoisotopic (exact) mass is 314 g/mol. The summed E-state index contributed by atoms with van der Waals surface area (Å²) < 4.78 is 13.2. The van der Waals surface area contributed by atoms with E-state index in [1.807, 2.05) is 0 Å². The van der Waals surface area contributed by atoms with Gasteiger partial charge >= 0.3 is 0 Å². The van der Waals surface area contributed by atoms with Gasteiger partial charge < -0.3 is 5.32 Å². The second-order valence-corrected chi connectivity index (χ2v) is 5.71. The van der Waals surface area contributed by atoms with Crippen molar-refractivity contribution in [3.05, 3.63) is 39.7 Å². The van der Waals surface area contributed by atoms with Gasteiger partial charge in [-0.3, -0.25) is 14.9 Å². The molecule has 1 aliphatic carbocycles. The zero-order chi connectivity index (χ0) is 15.5. The number of amides is 1. The van der Waals surface area contributed by atoms with Gasteiger partial charge in [-0.15, -0.1) is 11.6 Å². The number of halogens is 2. The SMILES string of the molecule is O=C(NCC1(CCl)CCCC1)c1cc(F)ccc1[N+](=O)[O-]. The number of hydrogen-bond acceptors (Lipinski definition) is 3. The number of hydrogen-bond donors (Lipinski definition) is 1. The molecule has 0 aromatic heterocycles. The van der Waals surface area contributed by atoms with Gasteiger partial charge in [0.25, 0.3) is 11.6 Å². The first-order valence-corrected chi connectivity index (χ1v) is 7.29. The van der Waals surface area contributed by atoms with E-state index in [0.29, 0.717) is 12.4 Å². The lowest BCUT2D eigenvalue weighted by molar-refractivity contribution is -0.385. The molecule has 2 rings (SSSR count). The maximum absolute atomic E-state index is 13.2. The molecule has 1 aromatic carbocycles. The third-order valence-electron chi connectivity index (χ3n) is 3.97. The molecule has 114 valence electrons. The Balaban J connectivity index is 2.13. The van der Waals surface area contributed by atoms with E-state index in [1.54, 1.807) is 0 Å². The Kier molecular flexibility index (Phi) is 4.77. The molecule has 0 heterocycles. The molecule has 0 bridgehead atoms. The number of carbonyl (C=O) groups excluding carboxylic acids is 1. The number of nitrogens with zero attached hydrogens (tertiary/aromatic N) is 1. The van der Waals surface area contributed by atoms with Gasteiger partial charge in [-0.25, -0.2) is 4.39 Å². The Bertz CT molecular complexity index is 559. The zero-order valence-corrected chi connectivity index (χ0v) is 12.2. The Hall–Kier alpha value is -1.69. The average Bonchev–Trinajstić information content (AvgIpc) is 2.94. The largest absolute Gasteiger partial charge is 0.351 e. The van der Waals surface area contributed by atoms with Gasteiger partial charge in [0.2, 0.25) is 0 Å². The second kappa shape index (κ2) is 6.39. The molecule has 0 radical (unpaired) electrons. The molecule has 1 aromatic rings. The van der Waals surface area contributed by atoms with Gasteiger partial charge in [-0.1, -0.05) is 12.8 Å². The summed E-state index contributed by atoms with van der Waals surface area (Å²) in [6.07, 6.45) is 3.95. The van der Waals surface area contributed by atoms with Crippen LogP contribution in [-0.4, -0.2) is 23.3 Å². The molecular weight excluding hydrogens is 299 g/mol. The zero-order valence-electron chi connectivity index (χ0n) is 11.4. The minimum absolute atomic E-state index is 0.153. The van der Waals surface area contributed by atoms with Crippen LogP contribution in [-0.2, 0) is 0 Å². The first-order chi connectivity index (χ1) is 9.97. The summed E-state index contributed by atoms with van der Waals surface area (Å²) >= 11 is 5.98. The van der Waals surface area contributed by atoms with Crippen LogP contribution < -0.4 is 5.32 Å². The third-order valence-corrected chi connectivity index (χ3v) is 4.54. The maximum Gasteiger partial charge on any atom is 0.282 e. The summed E-state index contributed by atoms with van der Waals surface area (Å²) in [5.41, 5.74) is -0.817. The van der Waals surface area contributed by atoms with Crippen molar-refractivity contribution in [2.75, 3.05) is 12.4 Å². The molecule has 0 unspecified atom stereocenters. The molecule has 1 N–H and O–H groups in total. The predicted molar refractivity (Wildman–Crippen MR) is 77.0 cm³/mol. The fourth-order valence-electron chi connectivity index (χ4n) is 2.69. The minimum Gasteiger partial charge on any atom is -0.351 e. The smallest absolute Gasteiger partial charge is 0.282 e. The number of nitro benzene ring substituents is 1. The van der Waals surface area contributed by atoms with Crippen LogP contribution in [0, 0.1) is 21.3 Å². The lowest BCUT2D eigenvalue weighted by Gasteiger charge is -2.26. The highest BCUT2D eigenvalue weighted by Gasteiger charge is 2.34. The highest BCUT2D eigenvalue weighted by atomic mass is 35.5. The predicted octanol–water partition coefficient (Wildman–Crippen LogP) is 3.26. The Morgan fingerprint density at radius 1 is 1.43 bits per heavy atom. The van der Waals surface area contributed by atoms with Gasteiger partial charge in [0, 0.05) is 23.9 Å². The molecule has 1 aliphatic rings. The van der Waals surface area contributed by atoms with E-state index in [4.69, 9.17) is 11.6 Å². The van der Waals surface area contributed by atoms with E-state index < -0.39 is 22.3 Å². The molecule has 1 saturated carbocycles. The van der Waals surface area contributed by atoms with Crippen molar-refractivity contribution < 1.29 is 14.1 Å². The molecule has 1 fully saturated rings. The van der Waals surface area contributed by atoms with E-state index in [0.717, 1.165) is 43.9 Å². The van der Waals surface area contributed by atoms with Crippen molar-refractivity contribution in [3.8, 4) is 0 Å². The Morgan fingerprint density at radius 3 is 2.67 bits per heavy atom. The maximum atomic E-state index is 13.2. The molecule has 5 nitrogen and oxygen atoms in total. The molecule has 7 heteroatoms. The Morgan fingerprint density at radius 2 is 2.10 bits per heavy atom. The number of nitrogens with one attached hydrogen (secondary N) is 1. The fourth-order valence-corrected chi connectivity index (χ4v) is 3.06. The third kappa shape index (κ3) is 3.50. The number of benzene rings is 1. The first kappa shape index (κ1) is 15.7. The molecule has 1 amide bonds. The van der Waals surface area contributed by atoms with Crippen molar-refractivity contribution in [1.29, 1.82) is 0 Å². The Labute approximate surface area is 126 Å². The average molecular weight is 315 g/mol. The van der Waals surface area contributed by atoms with E-state index in [1.165, 1.54) is 0 Å². The van der Waals surface area contributed by atoms with Crippen molar-refractivity contribution in [2.45, 2.75) is 25.7 Å². The van der Waals surface area contributed by atoms with E-state index in [2.05, 4.69) is 5.32 Å². The van der Waals surface area contributed by atoms with Crippen LogP contribution in [0.2, 0.25) is 0 Å². The highest BCUT2D eigenvalue weighted by molar-refractivity contribution is 6.18. The minimum atomic E-state index is -0.693. The van der Waals surface area contributed by atoms with Crippen LogP contribution in [0.1, 0.15) is 36.0 Å². The van der Waals surface area contributed by atoms with Gasteiger partial charge in [0.1, 0.15) is 11.4 Å². The van der Waals surface area contributed by atoms with Crippen molar-refractivity contribution >= 4 is 23.2 Å². The van der Waals surface area contributed by atoms with E-state index in [-0.39, 0.29) is 11.0 Å². The lowest BCUT2D eigenvalue weighted by atomic mass is 9.88. The molecule has 0 aliphatic heterocycles. The first-order valence-electron chi connectivity index (χ1n) is 6.75. The quantitative estimate of drug-likeness (QED) is 0.515. The molecular formula is C14H16ClFN2O3. The summed E-state index contributed by atoms with van der Waals surface area (Å²) in [6.45, 7) is 0.350. The summed E-state index contributed by atoms with van der Waals surface area (Å²) in [5, 5.41) is 13.6. The molecule has 0 spiro atoms. The van der Waals surface area contributed by atoms with Crippen molar-refractivity contribution in [2.24, 2.45) is 5.41 Å². The van der Waals surface area contributed by atoms with Crippen LogP contribution in [0.5, 0.6) is 0 Å².